The van der Waals surface area contributed by atoms with Gasteiger partial charge in [0.1, 0.15) is 5.82 Å². The second kappa shape index (κ2) is 7.12. The molecule has 0 fully saturated rings. The Balaban J connectivity index is 1.66. The van der Waals surface area contributed by atoms with Gasteiger partial charge >= 0.3 is 0 Å². The molecular weight excluding hydrogens is 304 g/mol. The van der Waals surface area contributed by atoms with Gasteiger partial charge in [0, 0.05) is 19.2 Å². The third kappa shape index (κ3) is 3.79. The summed E-state index contributed by atoms with van der Waals surface area (Å²) in [5, 5.41) is 18.3. The summed E-state index contributed by atoms with van der Waals surface area (Å²) < 4.78 is 2.04. The average molecular weight is 320 g/mol. The predicted octanol–water partition coefficient (Wildman–Crippen LogP) is 3.57. The molecule has 1 heterocycles. The first-order valence-electron chi connectivity index (χ1n) is 7.30. The fourth-order valence-electron chi connectivity index (χ4n) is 2.23. The zero-order chi connectivity index (χ0) is 16.1. The van der Waals surface area contributed by atoms with E-state index in [4.69, 9.17) is 5.26 Å². The quantitative estimate of drug-likeness (QED) is 0.674. The highest BCUT2D eigenvalue weighted by molar-refractivity contribution is 7.98. The van der Waals surface area contributed by atoms with Crippen molar-refractivity contribution in [3.05, 3.63) is 77.1 Å². The van der Waals surface area contributed by atoms with Crippen molar-refractivity contribution in [3.8, 4) is 6.07 Å². The molecule has 23 heavy (non-hydrogen) atoms. The van der Waals surface area contributed by atoms with Crippen LogP contribution in [-0.2, 0) is 19.2 Å². The fourth-order valence-corrected chi connectivity index (χ4v) is 3.11. The van der Waals surface area contributed by atoms with Crippen LogP contribution in [0.4, 0.5) is 0 Å². The molecule has 3 aromatic rings. The summed E-state index contributed by atoms with van der Waals surface area (Å²) in [6.07, 6.45) is 0.780. The molecule has 0 radical (unpaired) electrons. The highest BCUT2D eigenvalue weighted by Crippen LogP contribution is 2.22. The molecule has 2 aromatic carbocycles. The van der Waals surface area contributed by atoms with Crippen molar-refractivity contribution in [1.82, 2.24) is 14.8 Å². The van der Waals surface area contributed by atoms with Crippen LogP contribution >= 0.6 is 11.8 Å². The molecule has 0 spiro atoms. The van der Waals surface area contributed by atoms with Gasteiger partial charge in [-0.25, -0.2) is 0 Å². The minimum Gasteiger partial charge on any atom is -0.309 e. The van der Waals surface area contributed by atoms with Crippen LogP contribution in [0, 0.1) is 11.3 Å². The Morgan fingerprint density at radius 3 is 2.43 bits per heavy atom. The average Bonchev–Trinajstić information content (AvgIpc) is 2.94. The number of rotatable bonds is 5. The number of hydrogen-bond acceptors (Lipinski definition) is 4. The lowest BCUT2D eigenvalue weighted by Gasteiger charge is -2.04. The summed E-state index contributed by atoms with van der Waals surface area (Å²) in [6.45, 7) is 0. The smallest absolute Gasteiger partial charge is 0.191 e. The molecule has 5 heteroatoms. The first-order chi connectivity index (χ1) is 11.3. The number of thioether (sulfide) groups is 1. The van der Waals surface area contributed by atoms with E-state index < -0.39 is 0 Å². The number of aromatic nitrogens is 3. The van der Waals surface area contributed by atoms with Gasteiger partial charge in [-0.05, 0) is 23.3 Å². The van der Waals surface area contributed by atoms with Crippen molar-refractivity contribution in [2.24, 2.45) is 7.05 Å². The first kappa shape index (κ1) is 15.3. The SMILES string of the molecule is Cn1c(Cc2ccccc2)nnc1SCc1ccc(C#N)cc1. The minimum atomic E-state index is 0.683. The summed E-state index contributed by atoms with van der Waals surface area (Å²) in [5.74, 6) is 1.77. The zero-order valence-electron chi connectivity index (χ0n) is 12.8. The molecule has 1 aromatic heterocycles. The molecule has 114 valence electrons. The van der Waals surface area contributed by atoms with Gasteiger partial charge in [0.2, 0.25) is 0 Å². The van der Waals surface area contributed by atoms with E-state index in [9.17, 15) is 0 Å². The van der Waals surface area contributed by atoms with Crippen molar-refractivity contribution in [2.45, 2.75) is 17.3 Å². The number of nitrogens with zero attached hydrogens (tertiary/aromatic N) is 4. The van der Waals surface area contributed by atoms with Crippen LogP contribution in [0.3, 0.4) is 0 Å². The van der Waals surface area contributed by atoms with Crippen molar-refractivity contribution < 1.29 is 0 Å². The van der Waals surface area contributed by atoms with Gasteiger partial charge in [0.25, 0.3) is 0 Å². The molecule has 0 saturated carbocycles. The van der Waals surface area contributed by atoms with Crippen LogP contribution in [0.5, 0.6) is 0 Å². The lowest BCUT2D eigenvalue weighted by atomic mass is 10.1. The Bertz CT molecular complexity index is 816. The largest absolute Gasteiger partial charge is 0.309 e. The first-order valence-corrected chi connectivity index (χ1v) is 8.29. The van der Waals surface area contributed by atoms with Gasteiger partial charge in [-0.1, -0.05) is 54.2 Å². The molecule has 0 N–H and O–H groups in total. The molecule has 0 atom stereocenters. The summed E-state index contributed by atoms with van der Waals surface area (Å²) in [4.78, 5) is 0. The Labute approximate surface area is 139 Å². The summed E-state index contributed by atoms with van der Waals surface area (Å²) in [5.41, 5.74) is 3.08. The van der Waals surface area contributed by atoms with Crippen molar-refractivity contribution >= 4 is 11.8 Å². The number of nitriles is 1. The molecule has 0 aliphatic carbocycles. The monoisotopic (exact) mass is 320 g/mol. The van der Waals surface area contributed by atoms with E-state index in [1.54, 1.807) is 11.8 Å². The van der Waals surface area contributed by atoms with E-state index in [-0.39, 0.29) is 0 Å². The highest BCUT2D eigenvalue weighted by atomic mass is 32.2. The zero-order valence-corrected chi connectivity index (χ0v) is 13.6. The van der Waals surface area contributed by atoms with Crippen LogP contribution in [0.25, 0.3) is 0 Å². The molecular formula is C18H16N4S. The molecule has 3 rings (SSSR count). The van der Waals surface area contributed by atoms with E-state index in [1.165, 1.54) is 11.1 Å². The summed E-state index contributed by atoms with van der Waals surface area (Å²) in [6, 6.07) is 20.0. The van der Waals surface area contributed by atoms with Crippen molar-refractivity contribution in [1.29, 1.82) is 5.26 Å². The highest BCUT2D eigenvalue weighted by Gasteiger charge is 2.10. The Morgan fingerprint density at radius 2 is 1.74 bits per heavy atom. The number of hydrogen-bond donors (Lipinski definition) is 0. The maximum Gasteiger partial charge on any atom is 0.191 e. The van der Waals surface area contributed by atoms with Crippen LogP contribution in [-0.4, -0.2) is 14.8 Å². The van der Waals surface area contributed by atoms with Gasteiger partial charge < -0.3 is 4.57 Å². The molecule has 0 unspecified atom stereocenters. The van der Waals surface area contributed by atoms with E-state index in [1.807, 2.05) is 54.1 Å². The van der Waals surface area contributed by atoms with E-state index in [0.717, 1.165) is 23.2 Å². The van der Waals surface area contributed by atoms with Crippen LogP contribution in [0.1, 0.15) is 22.5 Å². The lowest BCUT2D eigenvalue weighted by Crippen LogP contribution is -2.00. The second-order valence-electron chi connectivity index (χ2n) is 5.22. The Morgan fingerprint density at radius 1 is 1.00 bits per heavy atom. The van der Waals surface area contributed by atoms with Crippen LogP contribution in [0.15, 0.2) is 59.8 Å². The maximum atomic E-state index is 8.82. The van der Waals surface area contributed by atoms with Crippen molar-refractivity contribution in [3.63, 3.8) is 0 Å². The maximum absolute atomic E-state index is 8.82. The molecule has 4 nitrogen and oxygen atoms in total. The third-order valence-corrected chi connectivity index (χ3v) is 4.67. The summed E-state index contributed by atoms with van der Waals surface area (Å²) in [7, 11) is 2.00. The third-order valence-electron chi connectivity index (χ3n) is 3.58. The van der Waals surface area contributed by atoms with E-state index in [2.05, 4.69) is 28.4 Å². The Kier molecular flexibility index (Phi) is 4.74. The second-order valence-corrected chi connectivity index (χ2v) is 6.16. The standard InChI is InChI=1S/C18H16N4S/c1-22-17(11-14-5-3-2-4-6-14)20-21-18(22)23-13-16-9-7-15(12-19)8-10-16/h2-10H,11,13H2,1H3. The molecule has 0 amide bonds. The van der Waals surface area contributed by atoms with E-state index in [0.29, 0.717) is 5.56 Å². The van der Waals surface area contributed by atoms with Gasteiger partial charge in [-0.3, -0.25) is 0 Å². The van der Waals surface area contributed by atoms with Crippen LogP contribution < -0.4 is 0 Å². The molecule has 0 bridgehead atoms. The Hall–Kier alpha value is -2.58. The molecule has 0 aliphatic heterocycles. The number of benzene rings is 2. The summed E-state index contributed by atoms with van der Waals surface area (Å²) >= 11 is 1.65. The van der Waals surface area contributed by atoms with Gasteiger partial charge in [-0.15, -0.1) is 10.2 Å². The van der Waals surface area contributed by atoms with Gasteiger partial charge in [0.05, 0.1) is 11.6 Å². The predicted molar refractivity (Wildman–Crippen MR) is 91.0 cm³/mol. The minimum absolute atomic E-state index is 0.683. The normalized spacial score (nSPS) is 10.4. The lowest BCUT2D eigenvalue weighted by molar-refractivity contribution is 0.749. The van der Waals surface area contributed by atoms with Gasteiger partial charge in [-0.2, -0.15) is 5.26 Å². The molecule has 0 saturated heterocycles. The van der Waals surface area contributed by atoms with Crippen molar-refractivity contribution in [2.75, 3.05) is 0 Å². The van der Waals surface area contributed by atoms with E-state index >= 15 is 0 Å². The van der Waals surface area contributed by atoms with Crippen LogP contribution in [0.2, 0.25) is 0 Å². The molecule has 0 aliphatic rings. The van der Waals surface area contributed by atoms with Gasteiger partial charge in [0.15, 0.2) is 5.16 Å². The topological polar surface area (TPSA) is 54.5 Å². The fraction of sp³-hybridized carbons (Fsp3) is 0.167.